The Kier molecular flexibility index (Phi) is 94.6. The quantitative estimate of drug-likeness (QED) is 0.360. The van der Waals surface area contributed by atoms with Gasteiger partial charge in [0.05, 0.1) is 0 Å². The smallest absolute Gasteiger partial charge is 0.126 e. The molecule has 0 aliphatic carbocycles. The van der Waals surface area contributed by atoms with Gasteiger partial charge in [0.2, 0.25) is 0 Å². The predicted octanol–water partition coefficient (Wildman–Crippen LogP) is -0.595. The SMILES string of the molecule is BP.[Nb].[Ni]. The van der Waals surface area contributed by atoms with Gasteiger partial charge in [-0.05, 0) is 0 Å². The Morgan fingerprint density at radius 2 is 1.25 bits per heavy atom. The zero-order chi connectivity index (χ0) is 2.00. The number of hydrogen-bond donors (Lipinski definition) is 0. The molecular weight excluding hydrogens is 193 g/mol. The van der Waals surface area contributed by atoms with Crippen molar-refractivity contribution in [1.82, 2.24) is 0 Å². The van der Waals surface area contributed by atoms with Crippen molar-refractivity contribution in [3.63, 3.8) is 0 Å². The first-order valence-electron chi connectivity index (χ1n) is 0.577. The van der Waals surface area contributed by atoms with Crippen LogP contribution in [-0.2, 0) is 38.9 Å². The largest absolute Gasteiger partial charge is 0.179 e. The summed E-state index contributed by atoms with van der Waals surface area (Å²) < 4.78 is 0. The standard InChI is InChI=1S/BH4P.Nb.Ni/c1-2;;/h1-2H2;;. The van der Waals surface area contributed by atoms with Crippen molar-refractivity contribution in [3.05, 3.63) is 0 Å². The van der Waals surface area contributed by atoms with Crippen molar-refractivity contribution in [2.75, 3.05) is 0 Å². The van der Waals surface area contributed by atoms with Gasteiger partial charge in [-0.3, -0.25) is 0 Å². The van der Waals surface area contributed by atoms with Gasteiger partial charge in [-0.25, -0.2) is 0 Å². The fourth-order valence-corrected chi connectivity index (χ4v) is 0. The van der Waals surface area contributed by atoms with Crippen LogP contribution in [0, 0.1) is 0 Å². The van der Waals surface area contributed by atoms with E-state index in [1.54, 1.807) is 0 Å². The molecule has 4 heavy (non-hydrogen) atoms. The van der Waals surface area contributed by atoms with Gasteiger partial charge in [0.1, 0.15) is 7.57 Å². The zero-order valence-corrected chi connectivity index (χ0v) is 6.68. The van der Waals surface area contributed by atoms with Crippen LogP contribution in [0.15, 0.2) is 0 Å². The Morgan fingerprint density at radius 3 is 1.25 bits per heavy atom. The molecule has 4 heteroatoms. The second-order valence-electron chi connectivity index (χ2n) is 0. The molecule has 0 N–H and O–H groups in total. The molecule has 1 atom stereocenters. The molecule has 0 heterocycles. The summed E-state index contributed by atoms with van der Waals surface area (Å²) >= 11 is 0. The van der Waals surface area contributed by atoms with Gasteiger partial charge in [0.25, 0.3) is 0 Å². The molecule has 0 spiro atoms. The van der Waals surface area contributed by atoms with Crippen LogP contribution < -0.4 is 0 Å². The van der Waals surface area contributed by atoms with Crippen LogP contribution in [0.25, 0.3) is 0 Å². The Labute approximate surface area is 55.5 Å². The van der Waals surface area contributed by atoms with Gasteiger partial charge in [0, 0.05) is 38.9 Å². The van der Waals surface area contributed by atoms with E-state index >= 15 is 0 Å². The van der Waals surface area contributed by atoms with E-state index in [1.165, 1.54) is 0 Å². The molecule has 0 aromatic rings. The topological polar surface area (TPSA) is 0 Å². The molecule has 0 bridgehead atoms. The van der Waals surface area contributed by atoms with E-state index < -0.39 is 0 Å². The molecule has 27 valence electrons. The molecule has 0 rings (SSSR count). The minimum absolute atomic E-state index is 0. The van der Waals surface area contributed by atoms with Crippen LogP contribution in [0.4, 0.5) is 0 Å². The van der Waals surface area contributed by atoms with E-state index in [0.29, 0.717) is 0 Å². The molecule has 0 saturated carbocycles. The molecule has 1 unspecified atom stereocenters. The Morgan fingerprint density at radius 1 is 1.25 bits per heavy atom. The molecule has 0 saturated heterocycles. The normalized spacial score (nSPS) is 1.25. The second kappa shape index (κ2) is 22.0. The minimum atomic E-state index is 0. The Hall–Kier alpha value is 1.73. The average molecular weight is 197 g/mol. The summed E-state index contributed by atoms with van der Waals surface area (Å²) in [7, 11) is 4.33. The minimum Gasteiger partial charge on any atom is -0.179 e. The van der Waals surface area contributed by atoms with Gasteiger partial charge in [-0.1, -0.05) is 0 Å². The van der Waals surface area contributed by atoms with Crippen molar-refractivity contribution < 1.29 is 38.9 Å². The van der Waals surface area contributed by atoms with Crippen LogP contribution in [0.2, 0.25) is 0 Å². The van der Waals surface area contributed by atoms with E-state index in [0.717, 1.165) is 0 Å². The van der Waals surface area contributed by atoms with Gasteiger partial charge < -0.3 is 0 Å². The first-order chi connectivity index (χ1) is 1.00. The van der Waals surface area contributed by atoms with E-state index in [2.05, 4.69) is 9.12 Å². The average Bonchev–Trinajstić information content (AvgIpc) is 1.00. The maximum absolute atomic E-state index is 2.42. The number of hydrogen-bond acceptors (Lipinski definition) is 0. The molecule has 0 fully saturated rings. The van der Waals surface area contributed by atoms with Crippen molar-refractivity contribution in [3.8, 4) is 0 Å². The maximum atomic E-state index is 2.42. The van der Waals surface area contributed by atoms with Gasteiger partial charge in [-0.15, -0.1) is 0 Å². The monoisotopic (exact) mass is 197 g/mol. The summed E-state index contributed by atoms with van der Waals surface area (Å²) in [5.74, 6) is 0. The predicted molar refractivity (Wildman–Crippen MR) is 18.3 cm³/mol. The zero-order valence-electron chi connectivity index (χ0n) is 2.34. The van der Waals surface area contributed by atoms with Crippen molar-refractivity contribution in [2.24, 2.45) is 0 Å². The van der Waals surface area contributed by atoms with Gasteiger partial charge in [-0.2, -0.15) is 9.12 Å². The summed E-state index contributed by atoms with van der Waals surface area (Å²) in [5.41, 5.74) is 0. The summed E-state index contributed by atoms with van der Waals surface area (Å²) in [6.45, 7) is 0. The van der Waals surface area contributed by atoms with Crippen molar-refractivity contribution in [1.29, 1.82) is 0 Å². The van der Waals surface area contributed by atoms with E-state index in [-0.39, 0.29) is 38.9 Å². The van der Waals surface area contributed by atoms with Crippen LogP contribution in [0.1, 0.15) is 0 Å². The first kappa shape index (κ1) is 17.2. The van der Waals surface area contributed by atoms with Crippen LogP contribution >= 0.6 is 9.12 Å². The molecule has 0 aliphatic heterocycles. The molecule has 0 nitrogen and oxygen atoms in total. The molecule has 0 aliphatic rings. The third kappa shape index (κ3) is 9.29. The summed E-state index contributed by atoms with van der Waals surface area (Å²) in [6, 6.07) is 0. The molecule has 0 amide bonds. The summed E-state index contributed by atoms with van der Waals surface area (Å²) in [4.78, 5) is 0. The van der Waals surface area contributed by atoms with E-state index in [4.69, 9.17) is 0 Å². The third-order valence-corrected chi connectivity index (χ3v) is 0. The first-order valence-corrected chi connectivity index (χ1v) is 1.73. The Balaban J connectivity index is -0.00000000500. The van der Waals surface area contributed by atoms with Crippen LogP contribution in [0.3, 0.4) is 0 Å². The van der Waals surface area contributed by atoms with Crippen LogP contribution in [-0.4, -0.2) is 7.57 Å². The Bertz CT molecular complexity index is 8.00. The third-order valence-electron chi connectivity index (χ3n) is 0. The van der Waals surface area contributed by atoms with E-state index in [9.17, 15) is 0 Å². The molecule has 1 radical (unpaired) electrons. The summed E-state index contributed by atoms with van der Waals surface area (Å²) in [6.07, 6.45) is 0. The molecular formula is H4BNbNiP. The molecule has 0 aromatic heterocycles. The van der Waals surface area contributed by atoms with E-state index in [1.807, 2.05) is 7.57 Å². The fourth-order valence-electron chi connectivity index (χ4n) is 0. The fraction of sp³-hybridized carbons (Fsp3) is 0. The van der Waals surface area contributed by atoms with Crippen molar-refractivity contribution >= 4 is 16.7 Å². The summed E-state index contributed by atoms with van der Waals surface area (Å²) in [5, 5.41) is 0. The number of rotatable bonds is 0. The van der Waals surface area contributed by atoms with Gasteiger partial charge >= 0.3 is 0 Å². The van der Waals surface area contributed by atoms with Crippen LogP contribution in [0.5, 0.6) is 0 Å². The van der Waals surface area contributed by atoms with Crippen molar-refractivity contribution in [2.45, 2.75) is 0 Å². The molecule has 0 aromatic carbocycles. The maximum Gasteiger partial charge on any atom is 0.126 e. The van der Waals surface area contributed by atoms with Gasteiger partial charge in [0.15, 0.2) is 0 Å². The second-order valence-corrected chi connectivity index (χ2v) is 0.